The molecule has 0 spiro atoms. The molecule has 0 saturated heterocycles. The molecule has 3 aromatic rings. The molecule has 0 unspecified atom stereocenters. The summed E-state index contributed by atoms with van der Waals surface area (Å²) in [5, 5.41) is 14.3. The van der Waals surface area contributed by atoms with Crippen LogP contribution in [0.4, 0.5) is 34.6 Å². The van der Waals surface area contributed by atoms with Gasteiger partial charge in [0.15, 0.2) is 28.7 Å². The van der Waals surface area contributed by atoms with Crippen LogP contribution in [0.3, 0.4) is 0 Å². The Bertz CT molecular complexity index is 1430. The molecule has 4 rings (SSSR count). The smallest absolute Gasteiger partial charge is 0.290 e. The zero-order valence-corrected chi connectivity index (χ0v) is 18.6. The van der Waals surface area contributed by atoms with Crippen molar-refractivity contribution < 1.29 is 36.4 Å². The van der Waals surface area contributed by atoms with Crippen LogP contribution in [0.1, 0.15) is 17.3 Å². The van der Waals surface area contributed by atoms with Crippen LogP contribution in [0.15, 0.2) is 59.7 Å². The zero-order chi connectivity index (χ0) is 25.5. The molecule has 13 heteroatoms. The maximum atomic E-state index is 15.1. The predicted molar refractivity (Wildman–Crippen MR) is 119 cm³/mol. The number of hydrogen-bond donors (Lipinski definition) is 0. The zero-order valence-electron chi connectivity index (χ0n) is 17.7. The Balaban J connectivity index is 2.03. The lowest BCUT2D eigenvalue weighted by atomic mass is 10.1. The summed E-state index contributed by atoms with van der Waals surface area (Å²) in [6.07, 6.45) is 0. The van der Waals surface area contributed by atoms with E-state index in [-0.39, 0.29) is 16.9 Å². The van der Waals surface area contributed by atoms with Gasteiger partial charge in [-0.15, -0.1) is 0 Å². The largest absolute Gasteiger partial charge is 0.321 e. The second kappa shape index (κ2) is 9.05. The maximum Gasteiger partial charge on any atom is 0.290 e. The minimum Gasteiger partial charge on any atom is -0.321 e. The van der Waals surface area contributed by atoms with E-state index in [9.17, 15) is 32.6 Å². The molecule has 1 atom stereocenters. The van der Waals surface area contributed by atoms with E-state index in [1.54, 1.807) is 6.07 Å². The first kappa shape index (κ1) is 24.2. The molecule has 0 N–H and O–H groups in total. The molecule has 3 aromatic carbocycles. The number of anilines is 2. The Morgan fingerprint density at radius 3 is 2.17 bits per heavy atom. The summed E-state index contributed by atoms with van der Waals surface area (Å²) in [6.45, 7) is 0.944. The van der Waals surface area contributed by atoms with Gasteiger partial charge in [-0.2, -0.15) is 5.10 Å². The SMILES string of the molecule is CCO[P@]1(=O)C(C(=O)c2ccc([N+](=O)[O-])cc2)=NN(c2ccccc2)c2c(F)c(F)c(F)c(F)c21. The summed E-state index contributed by atoms with van der Waals surface area (Å²) in [5.41, 5.74) is -2.50. The Morgan fingerprint density at radius 1 is 1.00 bits per heavy atom. The highest BCUT2D eigenvalue weighted by Gasteiger charge is 2.49. The topological polar surface area (TPSA) is 102 Å². The van der Waals surface area contributed by atoms with Crippen LogP contribution < -0.4 is 10.3 Å². The molecule has 0 aliphatic carbocycles. The Labute approximate surface area is 195 Å². The van der Waals surface area contributed by atoms with Crippen LogP contribution in [0.5, 0.6) is 0 Å². The Hall–Kier alpha value is -3.89. The molecule has 0 saturated carbocycles. The van der Waals surface area contributed by atoms with Crippen LogP contribution in [-0.4, -0.2) is 22.8 Å². The average molecular weight is 507 g/mol. The molecule has 1 aliphatic heterocycles. The fraction of sp³-hybridized carbons (Fsp3) is 0.0909. The van der Waals surface area contributed by atoms with E-state index in [0.717, 1.165) is 24.3 Å². The van der Waals surface area contributed by atoms with Crippen molar-refractivity contribution in [2.24, 2.45) is 5.10 Å². The number of benzene rings is 3. The highest BCUT2D eigenvalue weighted by atomic mass is 31.2. The minimum absolute atomic E-state index is 0.00908. The molecule has 1 aliphatic rings. The Kier molecular flexibility index (Phi) is 6.27. The molecule has 0 aromatic heterocycles. The molecule has 8 nitrogen and oxygen atoms in total. The third kappa shape index (κ3) is 3.90. The van der Waals surface area contributed by atoms with Crippen LogP contribution in [-0.2, 0) is 9.09 Å². The molecule has 35 heavy (non-hydrogen) atoms. The third-order valence-electron chi connectivity index (χ3n) is 5.05. The highest BCUT2D eigenvalue weighted by Crippen LogP contribution is 2.56. The van der Waals surface area contributed by atoms with Crippen molar-refractivity contribution in [1.82, 2.24) is 0 Å². The van der Waals surface area contributed by atoms with E-state index in [1.807, 2.05) is 0 Å². The molecular weight excluding hydrogens is 493 g/mol. The number of hydrazone groups is 1. The maximum absolute atomic E-state index is 15.1. The quantitative estimate of drug-likeness (QED) is 0.0838. The van der Waals surface area contributed by atoms with Gasteiger partial charge in [-0.1, -0.05) is 18.2 Å². The number of carbonyl (C=O) groups is 1. The van der Waals surface area contributed by atoms with Gasteiger partial charge in [0.1, 0.15) is 11.0 Å². The average Bonchev–Trinajstić information content (AvgIpc) is 2.86. The number of non-ortho nitro benzene ring substituents is 1. The van der Waals surface area contributed by atoms with Crippen LogP contribution in [0.25, 0.3) is 0 Å². The Morgan fingerprint density at radius 2 is 1.60 bits per heavy atom. The molecule has 0 fully saturated rings. The van der Waals surface area contributed by atoms with Gasteiger partial charge in [0.25, 0.3) is 13.1 Å². The number of nitro benzene ring substituents is 1. The predicted octanol–water partition coefficient (Wildman–Crippen LogP) is 5.44. The summed E-state index contributed by atoms with van der Waals surface area (Å²) < 4.78 is 77.8. The summed E-state index contributed by atoms with van der Waals surface area (Å²) in [7, 11) is -4.93. The number of hydrogen-bond acceptors (Lipinski definition) is 7. The van der Waals surface area contributed by atoms with Crippen molar-refractivity contribution in [2.75, 3.05) is 11.6 Å². The van der Waals surface area contributed by atoms with Gasteiger partial charge in [0.2, 0.25) is 5.78 Å². The number of fused-ring (bicyclic) bond motifs is 1. The van der Waals surface area contributed by atoms with Gasteiger partial charge in [-0.3, -0.25) is 19.5 Å². The highest BCUT2D eigenvalue weighted by molar-refractivity contribution is 7.86. The molecule has 180 valence electrons. The molecular formula is C22H14F4N3O5P. The number of ketones is 1. The first-order valence-electron chi connectivity index (χ1n) is 9.96. The van der Waals surface area contributed by atoms with Crippen LogP contribution in [0, 0.1) is 33.4 Å². The van der Waals surface area contributed by atoms with E-state index in [1.165, 1.54) is 31.2 Å². The lowest BCUT2D eigenvalue weighted by molar-refractivity contribution is -0.384. The van der Waals surface area contributed by atoms with Crippen molar-refractivity contribution in [3.05, 3.63) is 93.5 Å². The summed E-state index contributed by atoms with van der Waals surface area (Å²) in [5.74, 6) is -9.38. The normalized spacial score (nSPS) is 17.1. The van der Waals surface area contributed by atoms with Crippen molar-refractivity contribution in [1.29, 1.82) is 0 Å². The number of Topliss-reactive ketones (excluding diaryl/α,β-unsaturated/α-hetero) is 1. The van der Waals surface area contributed by atoms with Gasteiger partial charge in [-0.05, 0) is 31.2 Å². The van der Waals surface area contributed by atoms with Crippen LogP contribution in [0.2, 0.25) is 0 Å². The van der Waals surface area contributed by atoms with Crippen molar-refractivity contribution in [3.63, 3.8) is 0 Å². The monoisotopic (exact) mass is 507 g/mol. The van der Waals surface area contributed by atoms with Crippen molar-refractivity contribution in [2.45, 2.75) is 6.92 Å². The second-order valence-corrected chi connectivity index (χ2v) is 9.36. The van der Waals surface area contributed by atoms with Crippen LogP contribution >= 0.6 is 7.37 Å². The van der Waals surface area contributed by atoms with E-state index < -0.39 is 64.4 Å². The van der Waals surface area contributed by atoms with Gasteiger partial charge < -0.3 is 4.52 Å². The summed E-state index contributed by atoms with van der Waals surface area (Å²) in [6, 6.07) is 11.3. The van der Waals surface area contributed by atoms with E-state index in [0.29, 0.717) is 5.01 Å². The number of nitro groups is 1. The molecule has 0 radical (unpaired) electrons. The van der Waals surface area contributed by atoms with E-state index >= 15 is 4.39 Å². The fourth-order valence-electron chi connectivity index (χ4n) is 3.49. The standard InChI is InChI=1S/C22H14F4N3O5P/c1-2-34-35(33)21-18(26)16(24)15(23)17(25)19(21)28(13-6-4-3-5-7-13)27-22(35)20(30)12-8-10-14(11-9-12)29(31)32/h3-11H,2H2,1H3/t35-/m0/s1. The van der Waals surface area contributed by atoms with Gasteiger partial charge in [0, 0.05) is 17.7 Å². The lowest BCUT2D eigenvalue weighted by Crippen LogP contribution is -2.37. The van der Waals surface area contributed by atoms with Crippen molar-refractivity contribution >= 4 is 41.0 Å². The molecule has 1 heterocycles. The summed E-state index contributed by atoms with van der Waals surface area (Å²) >= 11 is 0. The first-order valence-corrected chi connectivity index (χ1v) is 11.6. The number of rotatable bonds is 6. The number of carbonyl (C=O) groups excluding carboxylic acids is 1. The minimum atomic E-state index is -4.93. The number of para-hydroxylation sites is 1. The number of nitrogens with zero attached hydrogens (tertiary/aromatic N) is 3. The van der Waals surface area contributed by atoms with Gasteiger partial charge in [-0.25, -0.2) is 22.6 Å². The van der Waals surface area contributed by atoms with E-state index in [4.69, 9.17) is 4.52 Å². The first-order chi connectivity index (χ1) is 16.6. The van der Waals surface area contributed by atoms with Gasteiger partial charge >= 0.3 is 0 Å². The third-order valence-corrected chi connectivity index (χ3v) is 7.52. The molecule has 0 bridgehead atoms. The fourth-order valence-corrected chi connectivity index (χ4v) is 5.74. The lowest BCUT2D eigenvalue weighted by Gasteiger charge is -2.32. The number of halogens is 4. The second-order valence-electron chi connectivity index (χ2n) is 7.13. The summed E-state index contributed by atoms with van der Waals surface area (Å²) in [4.78, 5) is 23.6. The van der Waals surface area contributed by atoms with Gasteiger partial charge in [0.05, 0.1) is 17.2 Å². The molecule has 0 amide bonds. The van der Waals surface area contributed by atoms with E-state index in [2.05, 4.69) is 5.10 Å². The van der Waals surface area contributed by atoms with Crippen molar-refractivity contribution in [3.8, 4) is 0 Å².